The lowest BCUT2D eigenvalue weighted by molar-refractivity contribution is 0.00578. The van der Waals surface area contributed by atoms with E-state index >= 15 is 0 Å². The first-order valence-electron chi connectivity index (χ1n) is 16.0. The van der Waals surface area contributed by atoms with Crippen molar-refractivity contribution in [2.45, 2.75) is 101 Å². The zero-order valence-electron chi connectivity index (χ0n) is 28.6. The van der Waals surface area contributed by atoms with E-state index < -0.39 is 36.6 Å². The zero-order valence-corrected chi connectivity index (χ0v) is 29.4. The molecule has 4 nitrogen and oxygen atoms in total. The molecule has 2 saturated heterocycles. The zero-order chi connectivity index (χ0) is 32.9. The Hall–Kier alpha value is -2.80. The van der Waals surface area contributed by atoms with Crippen LogP contribution in [0.4, 0.5) is 0 Å². The van der Waals surface area contributed by atoms with Gasteiger partial charge in [-0.3, -0.25) is 0 Å². The van der Waals surface area contributed by atoms with Crippen LogP contribution in [0.2, 0.25) is 0 Å². The van der Waals surface area contributed by atoms with Crippen molar-refractivity contribution in [2.24, 2.45) is 0 Å². The third kappa shape index (κ3) is 8.33. The molecule has 2 aliphatic heterocycles. The smallest absolute Gasteiger partial charge is 0.399 e. The van der Waals surface area contributed by atoms with Gasteiger partial charge in [-0.05, 0) is 102 Å². The van der Waals surface area contributed by atoms with Gasteiger partial charge in [0.2, 0.25) is 0 Å². The molecule has 236 valence electrons. The van der Waals surface area contributed by atoms with Gasteiger partial charge in [-0.1, -0.05) is 111 Å². The Morgan fingerprint density at radius 3 is 1.07 bits per heavy atom. The molecule has 0 aromatic heterocycles. The van der Waals surface area contributed by atoms with Gasteiger partial charge in [-0.2, -0.15) is 0 Å². The van der Waals surface area contributed by atoms with E-state index in [1.165, 1.54) is 9.79 Å². The van der Waals surface area contributed by atoms with Crippen LogP contribution < -0.4 is 10.9 Å². The summed E-state index contributed by atoms with van der Waals surface area (Å²) >= 11 is 1.79. The Morgan fingerprint density at radius 2 is 0.733 bits per heavy atom. The number of benzene rings is 4. The maximum atomic E-state index is 6.34. The Kier molecular flexibility index (Phi) is 11.2. The molecule has 0 saturated carbocycles. The molecule has 0 spiro atoms. The van der Waals surface area contributed by atoms with Crippen molar-refractivity contribution >= 4 is 36.9 Å². The number of hydrogen-bond acceptors (Lipinski definition) is 5. The molecule has 4 aromatic carbocycles. The van der Waals surface area contributed by atoms with E-state index in [1.807, 2.05) is 44.2 Å². The molecule has 6 rings (SSSR count). The normalized spacial score (nSPS) is 18.8. The molecule has 0 amide bonds. The van der Waals surface area contributed by atoms with Gasteiger partial charge in [0.05, 0.1) is 22.4 Å². The van der Waals surface area contributed by atoms with Crippen LogP contribution in [-0.2, 0) is 18.6 Å². The molecule has 45 heavy (non-hydrogen) atoms. The van der Waals surface area contributed by atoms with Crippen molar-refractivity contribution in [1.29, 1.82) is 0 Å². The highest BCUT2D eigenvalue weighted by atomic mass is 32.2. The van der Waals surface area contributed by atoms with Crippen LogP contribution in [0.3, 0.4) is 0 Å². The van der Waals surface area contributed by atoms with Crippen LogP contribution in [0.25, 0.3) is 11.1 Å². The second-order valence-corrected chi connectivity index (χ2v) is 14.3. The summed E-state index contributed by atoms with van der Waals surface area (Å²) in [4.78, 5) is 2.57. The maximum Gasteiger partial charge on any atom is 0.494 e. The summed E-state index contributed by atoms with van der Waals surface area (Å²) in [5.74, 6) is 0. The molecule has 0 atom stereocenters. The van der Waals surface area contributed by atoms with E-state index in [-0.39, 0.29) is 0 Å². The van der Waals surface area contributed by atoms with E-state index in [2.05, 4.69) is 134 Å². The fraction of sp³-hybridized carbons (Fsp3) is 0.368. The summed E-state index contributed by atoms with van der Waals surface area (Å²) in [6, 6.07) is 37.5. The Balaban J connectivity index is 0.000000255. The average molecular weight is 622 g/mol. The molecule has 0 N–H and O–H groups in total. The van der Waals surface area contributed by atoms with Crippen LogP contribution in [0.15, 0.2) is 119 Å². The van der Waals surface area contributed by atoms with Crippen LogP contribution in [0.5, 0.6) is 0 Å². The van der Waals surface area contributed by atoms with E-state index in [0.717, 1.165) is 22.1 Å². The highest BCUT2D eigenvalue weighted by Crippen LogP contribution is 2.38. The summed E-state index contributed by atoms with van der Waals surface area (Å²) in [6.45, 7) is 20.6. The van der Waals surface area contributed by atoms with Crippen molar-refractivity contribution in [2.75, 3.05) is 0 Å². The van der Waals surface area contributed by atoms with Gasteiger partial charge in [0.1, 0.15) is 0 Å². The van der Waals surface area contributed by atoms with Crippen LogP contribution >= 0.6 is 11.8 Å². The van der Waals surface area contributed by atoms with Crippen molar-refractivity contribution in [3.8, 4) is 11.1 Å². The summed E-state index contributed by atoms with van der Waals surface area (Å²) in [5.41, 5.74) is 2.58. The second kappa shape index (κ2) is 14.3. The predicted molar refractivity (Wildman–Crippen MR) is 192 cm³/mol. The Bertz CT molecular complexity index is 1390. The molecule has 2 fully saturated rings. The van der Waals surface area contributed by atoms with E-state index in [9.17, 15) is 0 Å². The van der Waals surface area contributed by atoms with Crippen LogP contribution in [0.1, 0.15) is 69.2 Å². The van der Waals surface area contributed by atoms with Gasteiger partial charge < -0.3 is 18.6 Å². The molecule has 2 heterocycles. The van der Waals surface area contributed by atoms with E-state index in [0.29, 0.717) is 0 Å². The van der Waals surface area contributed by atoms with E-state index in [1.54, 1.807) is 11.8 Å². The predicted octanol–water partition coefficient (Wildman–Crippen LogP) is 8.82. The van der Waals surface area contributed by atoms with Gasteiger partial charge in [0.15, 0.2) is 0 Å². The lowest BCUT2D eigenvalue weighted by Crippen LogP contribution is -2.41. The largest absolute Gasteiger partial charge is 0.494 e. The minimum absolute atomic E-state index is 0.398. The van der Waals surface area contributed by atoms with Crippen molar-refractivity contribution in [3.63, 3.8) is 0 Å². The summed E-state index contributed by atoms with van der Waals surface area (Å²) in [6.07, 6.45) is 0. The van der Waals surface area contributed by atoms with Crippen molar-refractivity contribution in [3.05, 3.63) is 109 Å². The van der Waals surface area contributed by atoms with Gasteiger partial charge in [-0.15, -0.1) is 0 Å². The molecule has 0 radical (unpaired) electrons. The van der Waals surface area contributed by atoms with Crippen LogP contribution in [-0.4, -0.2) is 36.6 Å². The first kappa shape index (κ1) is 35.1. The van der Waals surface area contributed by atoms with Gasteiger partial charge in [-0.25, -0.2) is 0 Å². The summed E-state index contributed by atoms with van der Waals surface area (Å²) in [7, 11) is -0.889. The molecule has 0 bridgehead atoms. The van der Waals surface area contributed by atoms with E-state index in [4.69, 9.17) is 18.6 Å². The van der Waals surface area contributed by atoms with Crippen molar-refractivity contribution in [1.82, 2.24) is 0 Å². The van der Waals surface area contributed by atoms with Crippen LogP contribution in [0, 0.1) is 0 Å². The topological polar surface area (TPSA) is 36.9 Å². The highest BCUT2D eigenvalue weighted by Gasteiger charge is 2.54. The Labute approximate surface area is 276 Å². The van der Waals surface area contributed by atoms with Gasteiger partial charge in [0.25, 0.3) is 0 Å². The summed E-state index contributed by atoms with van der Waals surface area (Å²) in [5, 5.41) is 0. The fourth-order valence-electron chi connectivity index (χ4n) is 4.82. The molecule has 7 heteroatoms. The highest BCUT2D eigenvalue weighted by molar-refractivity contribution is 7.99. The first-order valence-corrected chi connectivity index (χ1v) is 16.8. The molecule has 0 unspecified atom stereocenters. The minimum atomic E-state index is -0.445. The fourth-order valence-corrected chi connectivity index (χ4v) is 5.68. The standard InChI is InChI=1S/C24H32B2O4.C12H10S.C2H6/c1-21(2)22(3,4)28-25(27-21)19-14-18(17-12-10-9-11-13-17)15-20(16-19)26-29-23(5,6)24(7,8)30-26;1-3-7-11(8-4-1)13-12-9-5-2-6-10-12;1-2/h9-16H,1-8H3;1-10H;1-2H3. The first-order chi connectivity index (χ1) is 21.3. The van der Waals surface area contributed by atoms with Gasteiger partial charge in [0, 0.05) is 9.79 Å². The van der Waals surface area contributed by atoms with Crippen molar-refractivity contribution < 1.29 is 18.6 Å². The average Bonchev–Trinajstić information content (AvgIpc) is 3.39. The molecule has 0 aliphatic carbocycles. The second-order valence-electron chi connectivity index (χ2n) is 13.2. The SMILES string of the molecule is CC.CC1(C)OB(c2cc(B3OC(C)(C)C(C)(C)O3)cc(-c3ccccc3)c2)OC1(C)C.c1ccc(Sc2ccccc2)cc1. The molecule has 2 aliphatic rings. The van der Waals surface area contributed by atoms with Gasteiger partial charge >= 0.3 is 14.2 Å². The lowest BCUT2D eigenvalue weighted by atomic mass is 9.70. The third-order valence-corrected chi connectivity index (χ3v) is 9.87. The molecule has 4 aromatic rings. The monoisotopic (exact) mass is 622 g/mol. The minimum Gasteiger partial charge on any atom is -0.399 e. The number of rotatable bonds is 5. The summed E-state index contributed by atoms with van der Waals surface area (Å²) < 4.78 is 25.3. The quantitative estimate of drug-likeness (QED) is 0.208. The third-order valence-electron chi connectivity index (χ3n) is 8.86. The number of hydrogen-bond donors (Lipinski definition) is 0. The molecular weight excluding hydrogens is 574 g/mol. The molecular formula is C38H48B2O4S. The lowest BCUT2D eigenvalue weighted by Gasteiger charge is -2.32. The maximum absolute atomic E-state index is 6.34. The Morgan fingerprint density at radius 1 is 0.422 bits per heavy atom.